The quantitative estimate of drug-likeness (QED) is 0.388. The summed E-state index contributed by atoms with van der Waals surface area (Å²) in [6.45, 7) is 0.987. The van der Waals surface area contributed by atoms with Crippen LogP contribution >= 0.6 is 11.3 Å². The smallest absolute Gasteiger partial charge is 0.186 e. The SMILES string of the molecule is Oc1cccc(C2CCCN2c2nc3ccc(-c4ccnc5[nH]ccc45)cc3s2)c1. The van der Waals surface area contributed by atoms with Gasteiger partial charge < -0.3 is 15.0 Å². The molecule has 5 aromatic rings. The Morgan fingerprint density at radius 1 is 1.10 bits per heavy atom. The molecule has 0 radical (unpaired) electrons. The summed E-state index contributed by atoms with van der Waals surface area (Å²) in [5.74, 6) is 0.321. The molecule has 2 N–H and O–H groups in total. The number of hydrogen-bond donors (Lipinski definition) is 2. The van der Waals surface area contributed by atoms with Crippen LogP contribution in [0.2, 0.25) is 0 Å². The molecule has 0 saturated carbocycles. The zero-order valence-corrected chi connectivity index (χ0v) is 17.1. The predicted molar refractivity (Wildman–Crippen MR) is 122 cm³/mol. The summed E-state index contributed by atoms with van der Waals surface area (Å²) in [5.41, 5.74) is 5.44. The fourth-order valence-electron chi connectivity index (χ4n) is 4.49. The Kier molecular flexibility index (Phi) is 3.99. The van der Waals surface area contributed by atoms with Gasteiger partial charge in [-0.05, 0) is 65.9 Å². The molecule has 148 valence electrons. The van der Waals surface area contributed by atoms with Crippen molar-refractivity contribution in [1.82, 2.24) is 15.0 Å². The normalized spacial score (nSPS) is 16.7. The molecule has 0 aliphatic carbocycles. The first kappa shape index (κ1) is 17.5. The summed E-state index contributed by atoms with van der Waals surface area (Å²) in [6, 6.07) is 18.5. The highest BCUT2D eigenvalue weighted by Gasteiger charge is 2.28. The van der Waals surface area contributed by atoms with Crippen LogP contribution in [0.15, 0.2) is 67.0 Å². The number of aromatic amines is 1. The summed E-state index contributed by atoms with van der Waals surface area (Å²) < 4.78 is 1.18. The molecule has 1 aliphatic heterocycles. The van der Waals surface area contributed by atoms with Crippen LogP contribution in [-0.4, -0.2) is 26.6 Å². The third kappa shape index (κ3) is 2.83. The fourth-order valence-corrected chi connectivity index (χ4v) is 5.57. The van der Waals surface area contributed by atoms with Gasteiger partial charge >= 0.3 is 0 Å². The molecule has 1 aliphatic rings. The van der Waals surface area contributed by atoms with Gasteiger partial charge in [0.05, 0.1) is 16.3 Å². The van der Waals surface area contributed by atoms with Gasteiger partial charge in [-0.15, -0.1) is 0 Å². The molecule has 0 bridgehead atoms. The first-order chi connectivity index (χ1) is 14.8. The lowest BCUT2D eigenvalue weighted by molar-refractivity contribution is 0.473. The number of thiazole rings is 1. The number of benzene rings is 2. The van der Waals surface area contributed by atoms with E-state index in [1.807, 2.05) is 24.5 Å². The van der Waals surface area contributed by atoms with Gasteiger partial charge in [0, 0.05) is 24.3 Å². The van der Waals surface area contributed by atoms with Crippen LogP contribution in [0.4, 0.5) is 5.13 Å². The third-order valence-corrected chi connectivity index (χ3v) is 6.96. The Morgan fingerprint density at radius 3 is 3.00 bits per heavy atom. The Labute approximate surface area is 177 Å². The second-order valence-corrected chi connectivity index (χ2v) is 8.73. The maximum atomic E-state index is 9.90. The lowest BCUT2D eigenvalue weighted by Crippen LogP contribution is -2.22. The number of H-pyrrole nitrogens is 1. The number of pyridine rings is 1. The van der Waals surface area contributed by atoms with E-state index in [1.165, 1.54) is 15.8 Å². The standard InChI is InChI=1S/C24H20N4OS/c29-17-4-1-3-16(13-17)21-5-2-12-28(21)24-27-20-7-6-15(14-22(20)30-24)18-8-10-25-23-19(18)9-11-26-23/h1,3-4,6-11,13-14,21,29H,2,5,12H2,(H,25,26). The molecule has 6 rings (SSSR count). The van der Waals surface area contributed by atoms with Crippen molar-refractivity contribution in [3.8, 4) is 16.9 Å². The number of aromatic hydroxyl groups is 1. The van der Waals surface area contributed by atoms with E-state index in [-0.39, 0.29) is 6.04 Å². The van der Waals surface area contributed by atoms with Gasteiger partial charge in [-0.25, -0.2) is 9.97 Å². The van der Waals surface area contributed by atoms with Crippen molar-refractivity contribution >= 4 is 37.7 Å². The first-order valence-electron chi connectivity index (χ1n) is 10.1. The molecule has 5 nitrogen and oxygen atoms in total. The van der Waals surface area contributed by atoms with Gasteiger partial charge in [0.2, 0.25) is 0 Å². The van der Waals surface area contributed by atoms with Crippen LogP contribution in [0.1, 0.15) is 24.4 Å². The van der Waals surface area contributed by atoms with Crippen molar-refractivity contribution in [2.24, 2.45) is 0 Å². The molecular formula is C24H20N4OS. The zero-order valence-electron chi connectivity index (χ0n) is 16.2. The topological polar surface area (TPSA) is 65.0 Å². The summed E-state index contributed by atoms with van der Waals surface area (Å²) in [5, 5.41) is 12.1. The lowest BCUT2D eigenvalue weighted by Gasteiger charge is -2.24. The molecule has 30 heavy (non-hydrogen) atoms. The fraction of sp³-hybridized carbons (Fsp3) is 0.167. The number of hydrogen-bond acceptors (Lipinski definition) is 5. The highest BCUT2D eigenvalue weighted by Crippen LogP contribution is 2.41. The molecule has 1 fully saturated rings. The second kappa shape index (κ2) is 6.85. The maximum Gasteiger partial charge on any atom is 0.186 e. The summed E-state index contributed by atoms with van der Waals surface area (Å²) >= 11 is 1.74. The molecule has 1 atom stereocenters. The van der Waals surface area contributed by atoms with Gasteiger partial charge in [0.25, 0.3) is 0 Å². The van der Waals surface area contributed by atoms with E-state index in [2.05, 4.69) is 51.3 Å². The minimum Gasteiger partial charge on any atom is -0.508 e. The molecule has 0 spiro atoms. The molecule has 3 aromatic heterocycles. The van der Waals surface area contributed by atoms with Crippen LogP contribution in [0.25, 0.3) is 32.4 Å². The minimum atomic E-state index is 0.261. The Balaban J connectivity index is 1.40. The number of anilines is 1. The third-order valence-electron chi connectivity index (χ3n) is 5.90. The van der Waals surface area contributed by atoms with Crippen LogP contribution < -0.4 is 4.90 Å². The number of phenols is 1. The van der Waals surface area contributed by atoms with Gasteiger partial charge in [-0.1, -0.05) is 29.5 Å². The monoisotopic (exact) mass is 412 g/mol. The minimum absolute atomic E-state index is 0.261. The van der Waals surface area contributed by atoms with Crippen LogP contribution in [0.5, 0.6) is 5.75 Å². The Morgan fingerprint density at radius 2 is 2.07 bits per heavy atom. The summed E-state index contributed by atoms with van der Waals surface area (Å²) in [7, 11) is 0. The lowest BCUT2D eigenvalue weighted by atomic mass is 10.0. The molecule has 4 heterocycles. The average Bonchev–Trinajstić information content (AvgIpc) is 3.51. The van der Waals surface area contributed by atoms with Gasteiger partial charge in [-0.2, -0.15) is 0 Å². The maximum absolute atomic E-state index is 9.90. The molecule has 0 amide bonds. The number of rotatable bonds is 3. The average molecular weight is 413 g/mol. The number of nitrogens with zero attached hydrogens (tertiary/aromatic N) is 3. The van der Waals surface area contributed by atoms with Crippen molar-refractivity contribution in [3.63, 3.8) is 0 Å². The number of phenolic OH excluding ortho intramolecular Hbond substituents is 1. The number of aromatic nitrogens is 3. The Hall–Kier alpha value is -3.38. The molecule has 1 unspecified atom stereocenters. The van der Waals surface area contributed by atoms with E-state index in [4.69, 9.17) is 4.98 Å². The molecule has 2 aromatic carbocycles. The van der Waals surface area contributed by atoms with Crippen molar-refractivity contribution in [1.29, 1.82) is 0 Å². The summed E-state index contributed by atoms with van der Waals surface area (Å²) in [4.78, 5) is 14.9. The van der Waals surface area contributed by atoms with E-state index in [9.17, 15) is 5.11 Å². The predicted octanol–water partition coefficient (Wildman–Crippen LogP) is 5.89. The van der Waals surface area contributed by atoms with E-state index in [1.54, 1.807) is 17.4 Å². The highest BCUT2D eigenvalue weighted by molar-refractivity contribution is 7.22. The number of nitrogens with one attached hydrogen (secondary N) is 1. The largest absolute Gasteiger partial charge is 0.508 e. The first-order valence-corrected chi connectivity index (χ1v) is 11.0. The van der Waals surface area contributed by atoms with Crippen molar-refractivity contribution in [2.75, 3.05) is 11.4 Å². The van der Waals surface area contributed by atoms with Crippen LogP contribution in [0, 0.1) is 0 Å². The van der Waals surface area contributed by atoms with E-state index in [0.717, 1.165) is 46.6 Å². The van der Waals surface area contributed by atoms with Crippen molar-refractivity contribution in [2.45, 2.75) is 18.9 Å². The van der Waals surface area contributed by atoms with Crippen molar-refractivity contribution in [3.05, 3.63) is 72.6 Å². The Bertz CT molecular complexity index is 1370. The van der Waals surface area contributed by atoms with E-state index >= 15 is 0 Å². The van der Waals surface area contributed by atoms with Crippen LogP contribution in [0.3, 0.4) is 0 Å². The number of fused-ring (bicyclic) bond motifs is 2. The van der Waals surface area contributed by atoms with Gasteiger partial charge in [0.15, 0.2) is 5.13 Å². The van der Waals surface area contributed by atoms with E-state index < -0.39 is 0 Å². The molecule has 6 heteroatoms. The highest BCUT2D eigenvalue weighted by atomic mass is 32.1. The molecule has 1 saturated heterocycles. The van der Waals surface area contributed by atoms with E-state index in [0.29, 0.717) is 5.75 Å². The second-order valence-electron chi connectivity index (χ2n) is 7.72. The summed E-state index contributed by atoms with van der Waals surface area (Å²) in [6.07, 6.45) is 5.98. The van der Waals surface area contributed by atoms with Gasteiger partial charge in [0.1, 0.15) is 11.4 Å². The zero-order chi connectivity index (χ0) is 20.1. The van der Waals surface area contributed by atoms with Crippen molar-refractivity contribution < 1.29 is 5.11 Å². The van der Waals surface area contributed by atoms with Crippen LogP contribution in [-0.2, 0) is 0 Å². The van der Waals surface area contributed by atoms with Gasteiger partial charge in [-0.3, -0.25) is 0 Å². The molecular weight excluding hydrogens is 392 g/mol.